The van der Waals surface area contributed by atoms with Gasteiger partial charge >= 0.3 is 0 Å². The van der Waals surface area contributed by atoms with Gasteiger partial charge in [-0.25, -0.2) is 0 Å². The number of amides is 1. The van der Waals surface area contributed by atoms with Crippen LogP contribution in [-0.2, 0) is 6.61 Å². The predicted molar refractivity (Wildman–Crippen MR) is 105 cm³/mol. The Bertz CT molecular complexity index is 1040. The molecule has 0 spiro atoms. The highest BCUT2D eigenvalue weighted by atomic mass is 35.5. The molecule has 0 fully saturated rings. The second-order valence-corrected chi connectivity index (χ2v) is 6.61. The molecule has 28 heavy (non-hydrogen) atoms. The predicted octanol–water partition coefficient (Wildman–Crippen LogP) is 5.29. The van der Waals surface area contributed by atoms with Gasteiger partial charge in [0.15, 0.2) is 5.76 Å². The van der Waals surface area contributed by atoms with Gasteiger partial charge in [0.05, 0.1) is 4.92 Å². The summed E-state index contributed by atoms with van der Waals surface area (Å²) in [6.07, 6.45) is 0. The zero-order valence-corrected chi connectivity index (χ0v) is 15.9. The third-order valence-electron chi connectivity index (χ3n) is 4.06. The molecule has 0 bridgehead atoms. The number of halogens is 1. The van der Waals surface area contributed by atoms with Crippen LogP contribution in [0.2, 0.25) is 5.02 Å². The van der Waals surface area contributed by atoms with Crippen LogP contribution in [0.1, 0.15) is 27.4 Å². The third kappa shape index (κ3) is 4.50. The number of rotatable bonds is 6. The Kier molecular flexibility index (Phi) is 5.65. The number of nitrogens with one attached hydrogen (secondary N) is 1. The fourth-order valence-electron chi connectivity index (χ4n) is 2.59. The molecule has 0 aliphatic carbocycles. The van der Waals surface area contributed by atoms with Crippen LogP contribution in [0.3, 0.4) is 0 Å². The number of nitro benzene ring substituents is 1. The lowest BCUT2D eigenvalue weighted by Gasteiger charge is -2.08. The van der Waals surface area contributed by atoms with Gasteiger partial charge in [0.25, 0.3) is 11.6 Å². The maximum absolute atomic E-state index is 12.4. The van der Waals surface area contributed by atoms with E-state index >= 15 is 0 Å². The molecule has 3 aromatic rings. The summed E-state index contributed by atoms with van der Waals surface area (Å²) in [5.74, 6) is 0.822. The van der Waals surface area contributed by atoms with E-state index in [2.05, 4.69) is 5.32 Å². The molecule has 1 N–H and O–H groups in total. The summed E-state index contributed by atoms with van der Waals surface area (Å²) in [6.45, 7) is 3.72. The number of hydrogen-bond acceptors (Lipinski definition) is 5. The standard InChI is InChI=1S/C20H17ClN2O5/c1-12-10-15(23(25)26)4-6-17(12)22-20(24)19-8-5-16(28-19)11-27-18-7-3-14(21)9-13(18)2/h3-10H,11H2,1-2H3,(H,22,24). The zero-order chi connectivity index (χ0) is 20.3. The highest BCUT2D eigenvalue weighted by molar-refractivity contribution is 6.30. The minimum atomic E-state index is -0.486. The number of ether oxygens (including phenoxy) is 1. The topological polar surface area (TPSA) is 94.6 Å². The highest BCUT2D eigenvalue weighted by Gasteiger charge is 2.15. The minimum Gasteiger partial charge on any atom is -0.485 e. The fraction of sp³-hybridized carbons (Fsp3) is 0.150. The van der Waals surface area contributed by atoms with Gasteiger partial charge in [0.1, 0.15) is 18.1 Å². The van der Waals surface area contributed by atoms with E-state index in [1.807, 2.05) is 6.92 Å². The van der Waals surface area contributed by atoms with Crippen molar-refractivity contribution in [3.63, 3.8) is 0 Å². The van der Waals surface area contributed by atoms with Crippen molar-refractivity contribution in [1.82, 2.24) is 0 Å². The molecule has 0 aliphatic heterocycles. The zero-order valence-electron chi connectivity index (χ0n) is 15.2. The number of hydrogen-bond donors (Lipinski definition) is 1. The largest absolute Gasteiger partial charge is 0.485 e. The first kappa shape index (κ1) is 19.4. The number of nitrogens with zero attached hydrogens (tertiary/aromatic N) is 1. The van der Waals surface area contributed by atoms with E-state index in [9.17, 15) is 14.9 Å². The van der Waals surface area contributed by atoms with Crippen LogP contribution < -0.4 is 10.1 Å². The second kappa shape index (κ2) is 8.14. The SMILES string of the molecule is Cc1cc([N+](=O)[O-])ccc1NC(=O)c1ccc(COc2ccc(Cl)cc2C)o1. The van der Waals surface area contributed by atoms with Gasteiger partial charge in [0.2, 0.25) is 0 Å². The summed E-state index contributed by atoms with van der Waals surface area (Å²) in [5, 5.41) is 14.1. The van der Waals surface area contributed by atoms with Crippen molar-refractivity contribution < 1.29 is 18.9 Å². The van der Waals surface area contributed by atoms with Crippen LogP contribution in [0.5, 0.6) is 5.75 Å². The van der Waals surface area contributed by atoms with Gasteiger partial charge in [-0.3, -0.25) is 14.9 Å². The molecule has 144 valence electrons. The van der Waals surface area contributed by atoms with E-state index in [-0.39, 0.29) is 18.1 Å². The minimum absolute atomic E-state index is 0.0366. The van der Waals surface area contributed by atoms with Gasteiger partial charge in [-0.15, -0.1) is 0 Å². The number of carbonyl (C=O) groups excluding carboxylic acids is 1. The smallest absolute Gasteiger partial charge is 0.291 e. The van der Waals surface area contributed by atoms with E-state index < -0.39 is 10.8 Å². The second-order valence-electron chi connectivity index (χ2n) is 6.17. The lowest BCUT2D eigenvalue weighted by atomic mass is 10.2. The van der Waals surface area contributed by atoms with Gasteiger partial charge in [0, 0.05) is 22.8 Å². The van der Waals surface area contributed by atoms with E-state index in [0.29, 0.717) is 27.8 Å². The Balaban J connectivity index is 1.64. The highest BCUT2D eigenvalue weighted by Crippen LogP contribution is 2.24. The van der Waals surface area contributed by atoms with Gasteiger partial charge in [-0.2, -0.15) is 0 Å². The Morgan fingerprint density at radius 1 is 1.14 bits per heavy atom. The summed E-state index contributed by atoms with van der Waals surface area (Å²) in [6, 6.07) is 12.7. The molecule has 3 rings (SSSR count). The summed E-state index contributed by atoms with van der Waals surface area (Å²) in [5.41, 5.74) is 1.91. The molecule has 7 nitrogen and oxygen atoms in total. The van der Waals surface area contributed by atoms with Crippen molar-refractivity contribution in [2.24, 2.45) is 0 Å². The number of anilines is 1. The van der Waals surface area contributed by atoms with Crippen molar-refractivity contribution in [3.05, 3.63) is 86.3 Å². The molecule has 1 heterocycles. The van der Waals surface area contributed by atoms with Crippen LogP contribution in [0.25, 0.3) is 0 Å². The van der Waals surface area contributed by atoms with Crippen molar-refractivity contribution in [2.45, 2.75) is 20.5 Å². The maximum atomic E-state index is 12.4. The number of aryl methyl sites for hydroxylation is 2. The number of non-ortho nitro benzene ring substituents is 1. The molecule has 0 radical (unpaired) electrons. The van der Waals surface area contributed by atoms with Gasteiger partial charge < -0.3 is 14.5 Å². The van der Waals surface area contributed by atoms with E-state index in [0.717, 1.165) is 5.56 Å². The monoisotopic (exact) mass is 400 g/mol. The maximum Gasteiger partial charge on any atom is 0.291 e. The summed E-state index contributed by atoms with van der Waals surface area (Å²) >= 11 is 5.92. The average molecular weight is 401 g/mol. The first-order valence-electron chi connectivity index (χ1n) is 8.37. The summed E-state index contributed by atoms with van der Waals surface area (Å²) in [7, 11) is 0. The quantitative estimate of drug-likeness (QED) is 0.448. The molecule has 0 aliphatic rings. The van der Waals surface area contributed by atoms with Crippen molar-refractivity contribution in [3.8, 4) is 5.75 Å². The van der Waals surface area contributed by atoms with Gasteiger partial charge in [-0.05, 0) is 61.4 Å². The fourth-order valence-corrected chi connectivity index (χ4v) is 2.81. The number of benzene rings is 2. The number of furan rings is 1. The first-order chi connectivity index (χ1) is 13.3. The van der Waals surface area contributed by atoms with E-state index in [1.165, 1.54) is 18.2 Å². The Morgan fingerprint density at radius 3 is 2.61 bits per heavy atom. The lowest BCUT2D eigenvalue weighted by molar-refractivity contribution is -0.384. The van der Waals surface area contributed by atoms with Crippen molar-refractivity contribution in [2.75, 3.05) is 5.32 Å². The Labute approximate surface area is 166 Å². The lowest BCUT2D eigenvalue weighted by Crippen LogP contribution is -2.12. The summed E-state index contributed by atoms with van der Waals surface area (Å²) in [4.78, 5) is 22.7. The molecule has 0 atom stereocenters. The van der Waals surface area contributed by atoms with Crippen molar-refractivity contribution >= 4 is 28.9 Å². The van der Waals surface area contributed by atoms with Gasteiger partial charge in [-0.1, -0.05) is 11.6 Å². The Hall–Kier alpha value is -3.32. The molecule has 0 saturated carbocycles. The van der Waals surface area contributed by atoms with Crippen LogP contribution in [-0.4, -0.2) is 10.8 Å². The van der Waals surface area contributed by atoms with Crippen LogP contribution in [0, 0.1) is 24.0 Å². The summed E-state index contributed by atoms with van der Waals surface area (Å²) < 4.78 is 11.2. The molecule has 0 unspecified atom stereocenters. The molecule has 1 aromatic heterocycles. The molecular formula is C20H17ClN2O5. The molecule has 2 aromatic carbocycles. The third-order valence-corrected chi connectivity index (χ3v) is 4.30. The molecule has 8 heteroatoms. The first-order valence-corrected chi connectivity index (χ1v) is 8.75. The van der Waals surface area contributed by atoms with Crippen LogP contribution in [0.15, 0.2) is 52.9 Å². The van der Waals surface area contributed by atoms with Crippen LogP contribution in [0.4, 0.5) is 11.4 Å². The number of nitro groups is 1. The Morgan fingerprint density at radius 2 is 1.93 bits per heavy atom. The molecule has 1 amide bonds. The van der Waals surface area contributed by atoms with Crippen LogP contribution >= 0.6 is 11.6 Å². The van der Waals surface area contributed by atoms with E-state index in [4.69, 9.17) is 20.8 Å². The molecular weight excluding hydrogens is 384 g/mol. The van der Waals surface area contributed by atoms with E-state index in [1.54, 1.807) is 37.3 Å². The molecule has 0 saturated heterocycles. The number of carbonyl (C=O) groups is 1. The average Bonchev–Trinajstić information content (AvgIpc) is 3.11. The normalized spacial score (nSPS) is 10.5. The van der Waals surface area contributed by atoms with Crippen molar-refractivity contribution in [1.29, 1.82) is 0 Å².